The van der Waals surface area contributed by atoms with Gasteiger partial charge in [0.05, 0.1) is 33.5 Å². The van der Waals surface area contributed by atoms with Crippen LogP contribution in [0.15, 0.2) is 17.8 Å². The van der Waals surface area contributed by atoms with Gasteiger partial charge in [-0.05, 0) is 26.2 Å². The predicted molar refractivity (Wildman–Crippen MR) is 99.0 cm³/mol. The van der Waals surface area contributed by atoms with E-state index in [0.717, 1.165) is 40.7 Å². The molecule has 1 unspecified atom stereocenters. The number of aryl methyl sites for hydroxylation is 2. The number of anilines is 1. The number of hydrogen-bond acceptors (Lipinski definition) is 6. The van der Waals surface area contributed by atoms with Gasteiger partial charge in [0.25, 0.3) is 0 Å². The van der Waals surface area contributed by atoms with Crippen molar-refractivity contribution in [3.63, 3.8) is 0 Å². The Bertz CT molecular complexity index is 884. The highest BCUT2D eigenvalue weighted by molar-refractivity contribution is 7.13. The normalized spacial score (nSPS) is 16.5. The maximum atomic E-state index is 12.8. The van der Waals surface area contributed by atoms with Crippen molar-refractivity contribution in [2.75, 3.05) is 12.4 Å². The molecule has 3 heterocycles. The Hall–Kier alpha value is -2.26. The number of amides is 2. The Morgan fingerprint density at radius 1 is 1.48 bits per heavy atom. The van der Waals surface area contributed by atoms with Crippen molar-refractivity contribution in [1.82, 2.24) is 25.1 Å². The lowest BCUT2D eigenvalue weighted by molar-refractivity contribution is 0.198. The third-order valence-corrected chi connectivity index (χ3v) is 6.25. The molecule has 0 fully saturated rings. The molecule has 3 aromatic rings. The summed E-state index contributed by atoms with van der Waals surface area (Å²) in [6, 6.07) is -0.0757. The van der Waals surface area contributed by atoms with Crippen molar-refractivity contribution in [3.8, 4) is 10.7 Å². The van der Waals surface area contributed by atoms with Crippen LogP contribution in [-0.4, -0.2) is 38.1 Å². The van der Waals surface area contributed by atoms with Crippen LogP contribution in [0.3, 0.4) is 0 Å². The third-order valence-electron chi connectivity index (χ3n) is 4.34. The summed E-state index contributed by atoms with van der Waals surface area (Å²) in [5.74, 6) is 0. The van der Waals surface area contributed by atoms with Gasteiger partial charge in [-0.2, -0.15) is 5.10 Å². The molecule has 1 aliphatic carbocycles. The summed E-state index contributed by atoms with van der Waals surface area (Å²) in [6.07, 6.45) is 6.36. The second-order valence-corrected chi connectivity index (χ2v) is 8.12. The van der Waals surface area contributed by atoms with E-state index in [1.165, 1.54) is 16.2 Å². The van der Waals surface area contributed by atoms with E-state index >= 15 is 0 Å². The predicted octanol–water partition coefficient (Wildman–Crippen LogP) is 3.84. The molecule has 9 heteroatoms. The van der Waals surface area contributed by atoms with Crippen LogP contribution in [0, 0.1) is 6.92 Å². The van der Waals surface area contributed by atoms with Crippen LogP contribution >= 0.6 is 22.7 Å². The fourth-order valence-electron chi connectivity index (χ4n) is 3.12. The van der Waals surface area contributed by atoms with E-state index in [1.807, 2.05) is 19.4 Å². The molecule has 1 atom stereocenters. The lowest BCUT2D eigenvalue weighted by Gasteiger charge is -2.30. The van der Waals surface area contributed by atoms with Crippen LogP contribution in [0.5, 0.6) is 0 Å². The Morgan fingerprint density at radius 3 is 3.16 bits per heavy atom. The summed E-state index contributed by atoms with van der Waals surface area (Å²) in [5, 5.41) is 13.7. The van der Waals surface area contributed by atoms with Crippen molar-refractivity contribution in [2.24, 2.45) is 0 Å². The van der Waals surface area contributed by atoms with Gasteiger partial charge < -0.3 is 10.2 Å². The first kappa shape index (κ1) is 16.2. The minimum atomic E-state index is -0.150. The van der Waals surface area contributed by atoms with Crippen LogP contribution in [-0.2, 0) is 6.42 Å². The first-order valence-electron chi connectivity index (χ1n) is 8.06. The Balaban J connectivity index is 1.54. The Kier molecular flexibility index (Phi) is 4.26. The van der Waals surface area contributed by atoms with E-state index in [9.17, 15) is 4.79 Å². The zero-order valence-electron chi connectivity index (χ0n) is 13.9. The molecule has 4 rings (SSSR count). The standard InChI is InChI=1S/C16H18N6OS2/c1-9-19-10-4-3-5-12(14(10)25-9)22(2)16(23)20-11-8-18-21-13(11)15-17-6-7-24-15/h6-8,12H,3-5H2,1-2H3,(H,18,21)(H,20,23). The average Bonchev–Trinajstić information content (AvgIpc) is 3.32. The van der Waals surface area contributed by atoms with Crippen LogP contribution in [0.1, 0.15) is 34.5 Å². The molecule has 0 bridgehead atoms. The lowest BCUT2D eigenvalue weighted by atomic mass is 9.97. The van der Waals surface area contributed by atoms with Gasteiger partial charge in [-0.25, -0.2) is 14.8 Å². The molecule has 0 radical (unpaired) electrons. The summed E-state index contributed by atoms with van der Waals surface area (Å²) >= 11 is 3.19. The van der Waals surface area contributed by atoms with E-state index in [2.05, 4.69) is 25.5 Å². The quantitative estimate of drug-likeness (QED) is 0.729. The molecule has 0 saturated heterocycles. The molecule has 3 aromatic heterocycles. The fourth-order valence-corrected chi connectivity index (χ4v) is 4.92. The number of urea groups is 1. The smallest absolute Gasteiger partial charge is 0.320 e. The number of carbonyl (C=O) groups is 1. The fraction of sp³-hybridized carbons (Fsp3) is 0.375. The van der Waals surface area contributed by atoms with E-state index in [0.29, 0.717) is 5.69 Å². The van der Waals surface area contributed by atoms with Gasteiger partial charge in [-0.3, -0.25) is 5.10 Å². The number of aromatic nitrogens is 4. The lowest BCUT2D eigenvalue weighted by Crippen LogP contribution is -2.36. The molecule has 0 saturated carbocycles. The summed E-state index contributed by atoms with van der Waals surface area (Å²) in [5.41, 5.74) is 2.52. The minimum absolute atomic E-state index is 0.0742. The number of thiazole rings is 2. The summed E-state index contributed by atoms with van der Waals surface area (Å²) < 4.78 is 0. The molecule has 0 spiro atoms. The first-order valence-corrected chi connectivity index (χ1v) is 9.76. The molecule has 130 valence electrons. The van der Waals surface area contributed by atoms with E-state index in [-0.39, 0.29) is 12.1 Å². The Labute approximate surface area is 153 Å². The molecule has 0 aromatic carbocycles. The highest BCUT2D eigenvalue weighted by Crippen LogP contribution is 2.37. The second-order valence-electron chi connectivity index (χ2n) is 5.99. The topological polar surface area (TPSA) is 86.8 Å². The summed E-state index contributed by atoms with van der Waals surface area (Å²) in [7, 11) is 1.84. The Morgan fingerprint density at radius 2 is 2.36 bits per heavy atom. The van der Waals surface area contributed by atoms with Crippen molar-refractivity contribution in [3.05, 3.63) is 33.4 Å². The van der Waals surface area contributed by atoms with E-state index in [4.69, 9.17) is 0 Å². The molecule has 7 nitrogen and oxygen atoms in total. The maximum absolute atomic E-state index is 12.8. The monoisotopic (exact) mass is 374 g/mol. The number of rotatable bonds is 3. The van der Waals surface area contributed by atoms with Crippen molar-refractivity contribution >= 4 is 34.4 Å². The SMILES string of the molecule is Cc1nc2c(s1)C(N(C)C(=O)Nc1cn[nH]c1-c1nccs1)CCC2. The number of nitrogens with one attached hydrogen (secondary N) is 2. The highest BCUT2D eigenvalue weighted by atomic mass is 32.1. The van der Waals surface area contributed by atoms with E-state index < -0.39 is 0 Å². The first-order chi connectivity index (χ1) is 12.1. The van der Waals surface area contributed by atoms with Crippen LogP contribution in [0.25, 0.3) is 10.7 Å². The number of carbonyl (C=O) groups excluding carboxylic acids is 1. The zero-order valence-corrected chi connectivity index (χ0v) is 15.6. The van der Waals surface area contributed by atoms with Crippen molar-refractivity contribution in [1.29, 1.82) is 0 Å². The van der Waals surface area contributed by atoms with Gasteiger partial charge in [-0.1, -0.05) is 0 Å². The zero-order chi connectivity index (χ0) is 17.4. The average molecular weight is 374 g/mol. The van der Waals surface area contributed by atoms with Gasteiger partial charge in [0.15, 0.2) is 0 Å². The van der Waals surface area contributed by atoms with Gasteiger partial charge in [0.2, 0.25) is 0 Å². The molecule has 0 aliphatic heterocycles. The van der Waals surface area contributed by atoms with Gasteiger partial charge >= 0.3 is 6.03 Å². The molecular weight excluding hydrogens is 356 g/mol. The largest absolute Gasteiger partial charge is 0.322 e. The van der Waals surface area contributed by atoms with Crippen LogP contribution in [0.2, 0.25) is 0 Å². The maximum Gasteiger partial charge on any atom is 0.322 e. The van der Waals surface area contributed by atoms with Crippen molar-refractivity contribution < 1.29 is 4.79 Å². The van der Waals surface area contributed by atoms with Gasteiger partial charge in [-0.15, -0.1) is 22.7 Å². The molecule has 2 amide bonds. The van der Waals surface area contributed by atoms with Gasteiger partial charge in [0, 0.05) is 18.6 Å². The third kappa shape index (κ3) is 3.05. The molecule has 2 N–H and O–H groups in total. The van der Waals surface area contributed by atoms with E-state index in [1.54, 1.807) is 28.6 Å². The highest BCUT2D eigenvalue weighted by Gasteiger charge is 2.30. The number of fused-ring (bicyclic) bond motifs is 1. The summed E-state index contributed by atoms with van der Waals surface area (Å²) in [6.45, 7) is 2.02. The molecule has 25 heavy (non-hydrogen) atoms. The number of hydrogen-bond donors (Lipinski definition) is 2. The summed E-state index contributed by atoms with van der Waals surface area (Å²) in [4.78, 5) is 24.7. The van der Waals surface area contributed by atoms with Gasteiger partial charge in [0.1, 0.15) is 10.7 Å². The van der Waals surface area contributed by atoms with Crippen LogP contribution < -0.4 is 5.32 Å². The molecule has 1 aliphatic rings. The minimum Gasteiger partial charge on any atom is -0.320 e. The number of aromatic amines is 1. The number of nitrogens with zero attached hydrogens (tertiary/aromatic N) is 4. The van der Waals surface area contributed by atoms with Crippen molar-refractivity contribution in [2.45, 2.75) is 32.2 Å². The molecular formula is C16H18N6OS2. The number of H-pyrrole nitrogens is 1. The van der Waals surface area contributed by atoms with Crippen LogP contribution in [0.4, 0.5) is 10.5 Å². The second kappa shape index (κ2) is 6.57.